The third-order valence-electron chi connectivity index (χ3n) is 3.68. The summed E-state index contributed by atoms with van der Waals surface area (Å²) in [6, 6.07) is 5.88. The molecule has 0 spiro atoms. The predicted octanol–water partition coefficient (Wildman–Crippen LogP) is 2.58. The van der Waals surface area contributed by atoms with Crippen molar-refractivity contribution >= 4 is 6.09 Å². The average molecular weight is 321 g/mol. The lowest BCUT2D eigenvalue weighted by Crippen LogP contribution is -2.44. The second-order valence-corrected chi connectivity index (χ2v) is 6.77. The molecule has 1 amide bonds. The Kier molecular flexibility index (Phi) is 5.82. The molecular weight excluding hydrogens is 294 g/mol. The molecule has 1 atom stereocenters. The van der Waals surface area contributed by atoms with Gasteiger partial charge in [0.15, 0.2) is 0 Å². The van der Waals surface area contributed by atoms with E-state index in [1.165, 1.54) is 0 Å². The molecule has 0 bridgehead atoms. The molecule has 1 fully saturated rings. The molecule has 1 saturated heterocycles. The molecule has 0 aliphatic carbocycles. The largest absolute Gasteiger partial charge is 0.481 e. The molecule has 23 heavy (non-hydrogen) atoms. The first-order chi connectivity index (χ1) is 10.9. The van der Waals surface area contributed by atoms with Gasteiger partial charge in [-0.2, -0.15) is 0 Å². The van der Waals surface area contributed by atoms with Crippen LogP contribution < -0.4 is 10.1 Å². The van der Waals surface area contributed by atoms with E-state index >= 15 is 0 Å². The Morgan fingerprint density at radius 2 is 2.22 bits per heavy atom. The first-order valence-corrected chi connectivity index (χ1v) is 8.09. The summed E-state index contributed by atoms with van der Waals surface area (Å²) in [7, 11) is 1.61. The fraction of sp³-hybridized carbons (Fsp3) is 0.647. The topological polar surface area (TPSA) is 63.7 Å². The maximum absolute atomic E-state index is 12.2. The van der Waals surface area contributed by atoms with Crippen molar-refractivity contribution in [3.8, 4) is 5.88 Å². The Morgan fingerprint density at radius 1 is 1.43 bits per heavy atom. The van der Waals surface area contributed by atoms with E-state index in [1.807, 2.05) is 43.9 Å². The molecule has 1 unspecified atom stereocenters. The van der Waals surface area contributed by atoms with Gasteiger partial charge in [-0.25, -0.2) is 9.78 Å². The van der Waals surface area contributed by atoms with E-state index in [0.29, 0.717) is 12.4 Å². The van der Waals surface area contributed by atoms with Gasteiger partial charge in [-0.15, -0.1) is 0 Å². The van der Waals surface area contributed by atoms with E-state index in [0.717, 1.165) is 31.6 Å². The van der Waals surface area contributed by atoms with Crippen molar-refractivity contribution in [1.82, 2.24) is 15.2 Å². The third-order valence-corrected chi connectivity index (χ3v) is 3.68. The van der Waals surface area contributed by atoms with Crippen molar-refractivity contribution in [1.29, 1.82) is 0 Å². The highest BCUT2D eigenvalue weighted by molar-refractivity contribution is 5.69. The van der Waals surface area contributed by atoms with Gasteiger partial charge in [-0.05, 0) is 39.7 Å². The van der Waals surface area contributed by atoms with Crippen LogP contribution in [0.3, 0.4) is 0 Å². The van der Waals surface area contributed by atoms with Crippen LogP contribution in [-0.2, 0) is 11.3 Å². The van der Waals surface area contributed by atoms with Crippen molar-refractivity contribution in [3.05, 3.63) is 23.9 Å². The van der Waals surface area contributed by atoms with E-state index < -0.39 is 5.60 Å². The van der Waals surface area contributed by atoms with E-state index in [2.05, 4.69) is 10.3 Å². The predicted molar refractivity (Wildman–Crippen MR) is 88.5 cm³/mol. The van der Waals surface area contributed by atoms with Crippen molar-refractivity contribution < 1.29 is 14.3 Å². The second kappa shape index (κ2) is 7.64. The lowest BCUT2D eigenvalue weighted by Gasteiger charge is -2.28. The Morgan fingerprint density at radius 3 is 2.91 bits per heavy atom. The Labute approximate surface area is 138 Å². The summed E-state index contributed by atoms with van der Waals surface area (Å²) in [5, 5.41) is 3.38. The van der Waals surface area contributed by atoms with Gasteiger partial charge in [0.2, 0.25) is 5.88 Å². The van der Waals surface area contributed by atoms with Crippen molar-refractivity contribution in [2.45, 2.75) is 51.8 Å². The zero-order chi connectivity index (χ0) is 16.9. The molecule has 6 nitrogen and oxygen atoms in total. The summed E-state index contributed by atoms with van der Waals surface area (Å²) in [6.45, 7) is 7.82. The van der Waals surface area contributed by atoms with Gasteiger partial charge in [-0.1, -0.05) is 6.07 Å². The Bertz CT molecular complexity index is 528. The number of carbonyl (C=O) groups is 1. The summed E-state index contributed by atoms with van der Waals surface area (Å²) in [5.41, 5.74) is 0.466. The molecule has 1 aliphatic heterocycles. The zero-order valence-corrected chi connectivity index (χ0v) is 14.5. The molecule has 1 aromatic rings. The minimum atomic E-state index is -0.456. The van der Waals surface area contributed by atoms with Crippen LogP contribution in [0, 0.1) is 0 Å². The highest BCUT2D eigenvalue weighted by Gasteiger charge is 2.31. The van der Waals surface area contributed by atoms with Gasteiger partial charge in [-0.3, -0.25) is 0 Å². The maximum atomic E-state index is 12.2. The number of aromatic nitrogens is 1. The second-order valence-electron chi connectivity index (χ2n) is 6.77. The standard InChI is InChI=1S/C17H27N3O3/c1-17(2,3)23-16(21)20-10-6-8-14(20)12-18-11-13-7-5-9-15(19-13)22-4/h5,7,9,14,18H,6,8,10-12H2,1-4H3. The summed E-state index contributed by atoms with van der Waals surface area (Å²) >= 11 is 0. The number of carbonyl (C=O) groups excluding carboxylic acids is 1. The quantitative estimate of drug-likeness (QED) is 0.903. The molecule has 6 heteroatoms. The molecule has 0 radical (unpaired) electrons. The van der Waals surface area contributed by atoms with E-state index in [9.17, 15) is 4.79 Å². The molecule has 2 heterocycles. The first-order valence-electron chi connectivity index (χ1n) is 8.09. The fourth-order valence-corrected chi connectivity index (χ4v) is 2.65. The number of ether oxygens (including phenoxy) is 2. The average Bonchev–Trinajstić information content (AvgIpc) is 2.94. The molecule has 0 saturated carbocycles. The number of hydrogen-bond donors (Lipinski definition) is 1. The summed E-state index contributed by atoms with van der Waals surface area (Å²) in [6.07, 6.45) is 1.79. The molecule has 1 aliphatic rings. The number of pyridine rings is 1. The lowest BCUT2D eigenvalue weighted by molar-refractivity contribution is 0.0226. The summed E-state index contributed by atoms with van der Waals surface area (Å²) in [4.78, 5) is 18.4. The number of likely N-dealkylation sites (tertiary alicyclic amines) is 1. The van der Waals surface area contributed by atoms with Crippen LogP contribution in [-0.4, -0.2) is 47.8 Å². The molecule has 2 rings (SSSR count). The molecule has 1 N–H and O–H groups in total. The van der Waals surface area contributed by atoms with Crippen LogP contribution in [0.15, 0.2) is 18.2 Å². The van der Waals surface area contributed by atoms with Crippen LogP contribution in [0.5, 0.6) is 5.88 Å². The number of methoxy groups -OCH3 is 1. The van der Waals surface area contributed by atoms with Gasteiger partial charge in [0, 0.05) is 31.7 Å². The molecular formula is C17H27N3O3. The Hall–Kier alpha value is -1.82. The maximum Gasteiger partial charge on any atom is 0.410 e. The minimum absolute atomic E-state index is 0.176. The van der Waals surface area contributed by atoms with Gasteiger partial charge < -0.3 is 19.7 Å². The van der Waals surface area contributed by atoms with Gasteiger partial charge in [0.05, 0.1) is 12.8 Å². The van der Waals surface area contributed by atoms with Crippen LogP contribution >= 0.6 is 0 Å². The van der Waals surface area contributed by atoms with E-state index in [-0.39, 0.29) is 12.1 Å². The first kappa shape index (κ1) is 17.5. The van der Waals surface area contributed by atoms with Gasteiger partial charge >= 0.3 is 6.09 Å². The highest BCUT2D eigenvalue weighted by Crippen LogP contribution is 2.20. The zero-order valence-electron chi connectivity index (χ0n) is 14.5. The third kappa shape index (κ3) is 5.39. The van der Waals surface area contributed by atoms with Crippen molar-refractivity contribution in [2.75, 3.05) is 20.2 Å². The fourth-order valence-electron chi connectivity index (χ4n) is 2.65. The number of nitrogens with zero attached hydrogens (tertiary/aromatic N) is 2. The smallest absolute Gasteiger partial charge is 0.410 e. The minimum Gasteiger partial charge on any atom is -0.481 e. The number of nitrogens with one attached hydrogen (secondary N) is 1. The Balaban J connectivity index is 1.83. The van der Waals surface area contributed by atoms with Gasteiger partial charge in [0.1, 0.15) is 5.60 Å². The molecule has 128 valence electrons. The van der Waals surface area contributed by atoms with Crippen LogP contribution in [0.2, 0.25) is 0 Å². The van der Waals surface area contributed by atoms with Crippen LogP contribution in [0.25, 0.3) is 0 Å². The molecule has 0 aromatic carbocycles. The summed E-state index contributed by atoms with van der Waals surface area (Å²) in [5.74, 6) is 0.612. The monoisotopic (exact) mass is 321 g/mol. The number of amides is 1. The lowest BCUT2D eigenvalue weighted by atomic mass is 10.2. The summed E-state index contributed by atoms with van der Waals surface area (Å²) < 4.78 is 10.6. The SMILES string of the molecule is COc1cccc(CNCC2CCCN2C(=O)OC(C)(C)C)n1. The highest BCUT2D eigenvalue weighted by atomic mass is 16.6. The number of rotatable bonds is 5. The normalized spacial score (nSPS) is 18.1. The van der Waals surface area contributed by atoms with Crippen molar-refractivity contribution in [2.24, 2.45) is 0 Å². The van der Waals surface area contributed by atoms with Crippen LogP contribution in [0.4, 0.5) is 4.79 Å². The van der Waals surface area contributed by atoms with Crippen molar-refractivity contribution in [3.63, 3.8) is 0 Å². The van der Waals surface area contributed by atoms with Gasteiger partial charge in [0.25, 0.3) is 0 Å². The van der Waals surface area contributed by atoms with Crippen LogP contribution in [0.1, 0.15) is 39.3 Å². The molecule has 1 aromatic heterocycles. The van der Waals surface area contributed by atoms with E-state index in [4.69, 9.17) is 9.47 Å². The van der Waals surface area contributed by atoms with E-state index in [1.54, 1.807) is 7.11 Å². The number of hydrogen-bond acceptors (Lipinski definition) is 5.